The summed E-state index contributed by atoms with van der Waals surface area (Å²) in [5, 5.41) is 8.59. The summed E-state index contributed by atoms with van der Waals surface area (Å²) in [7, 11) is 0. The van der Waals surface area contributed by atoms with Gasteiger partial charge in [0.15, 0.2) is 0 Å². The summed E-state index contributed by atoms with van der Waals surface area (Å²) >= 11 is 0. The number of hydrogen-bond acceptors (Lipinski definition) is 1. The molecule has 0 saturated carbocycles. The molecule has 0 spiro atoms. The maximum Gasteiger partial charge on any atom is 0.303 e. The maximum atomic E-state index is 13.0. The summed E-state index contributed by atoms with van der Waals surface area (Å²) in [5.41, 5.74) is 1.56. The van der Waals surface area contributed by atoms with Gasteiger partial charge in [0.1, 0.15) is 5.82 Å². The number of aliphatic carboxylic acids is 1. The van der Waals surface area contributed by atoms with E-state index in [1.165, 1.54) is 12.1 Å². The predicted molar refractivity (Wildman–Crippen MR) is 51.8 cm³/mol. The molecule has 0 aliphatic heterocycles. The zero-order valence-electron chi connectivity index (χ0n) is 8.25. The van der Waals surface area contributed by atoms with Gasteiger partial charge in [-0.1, -0.05) is 13.0 Å². The molecular weight excluding hydrogens is 183 g/mol. The van der Waals surface area contributed by atoms with Crippen molar-refractivity contribution in [1.29, 1.82) is 0 Å². The van der Waals surface area contributed by atoms with Gasteiger partial charge in [0.05, 0.1) is 6.42 Å². The molecule has 0 fully saturated rings. The minimum Gasteiger partial charge on any atom is -0.481 e. The number of halogens is 1. The van der Waals surface area contributed by atoms with Gasteiger partial charge in [-0.2, -0.15) is 0 Å². The van der Waals surface area contributed by atoms with E-state index in [-0.39, 0.29) is 18.2 Å². The van der Waals surface area contributed by atoms with Crippen LogP contribution in [0.3, 0.4) is 0 Å². The topological polar surface area (TPSA) is 37.3 Å². The number of carbonyl (C=O) groups is 1. The van der Waals surface area contributed by atoms with E-state index in [4.69, 9.17) is 5.11 Å². The standard InChI is InChI=1S/C11H13FO2/c1-7-3-9(6-10(12)4-7)8(2)5-11(13)14/h3-4,6,8H,5H2,1-2H3,(H,13,14). The second-order valence-electron chi connectivity index (χ2n) is 3.56. The molecule has 1 atom stereocenters. The Labute approximate surface area is 82.4 Å². The zero-order valence-corrected chi connectivity index (χ0v) is 8.25. The third-order valence-corrected chi connectivity index (χ3v) is 2.11. The molecule has 2 nitrogen and oxygen atoms in total. The normalized spacial score (nSPS) is 12.5. The molecule has 1 N–H and O–H groups in total. The van der Waals surface area contributed by atoms with Crippen LogP contribution in [0.25, 0.3) is 0 Å². The average molecular weight is 196 g/mol. The van der Waals surface area contributed by atoms with Gasteiger partial charge in [-0.25, -0.2) is 4.39 Å². The number of carboxylic acids is 1. The summed E-state index contributed by atoms with van der Waals surface area (Å²) in [5.74, 6) is -1.32. The van der Waals surface area contributed by atoms with E-state index in [1.807, 2.05) is 6.07 Å². The second kappa shape index (κ2) is 4.22. The maximum absolute atomic E-state index is 13.0. The number of rotatable bonds is 3. The van der Waals surface area contributed by atoms with E-state index in [2.05, 4.69) is 0 Å². The summed E-state index contributed by atoms with van der Waals surface area (Å²) in [6, 6.07) is 4.63. The van der Waals surface area contributed by atoms with Crippen LogP contribution >= 0.6 is 0 Å². The summed E-state index contributed by atoms with van der Waals surface area (Å²) < 4.78 is 13.0. The molecule has 14 heavy (non-hydrogen) atoms. The fraction of sp³-hybridized carbons (Fsp3) is 0.364. The largest absolute Gasteiger partial charge is 0.481 e. The van der Waals surface area contributed by atoms with E-state index in [1.54, 1.807) is 13.8 Å². The SMILES string of the molecule is Cc1cc(F)cc(C(C)CC(=O)O)c1. The van der Waals surface area contributed by atoms with Crippen molar-refractivity contribution in [3.63, 3.8) is 0 Å². The highest BCUT2D eigenvalue weighted by Gasteiger charge is 2.11. The molecular formula is C11H13FO2. The molecule has 0 heterocycles. The Morgan fingerprint density at radius 3 is 2.64 bits per heavy atom. The van der Waals surface area contributed by atoms with Crippen LogP contribution in [-0.4, -0.2) is 11.1 Å². The minimum atomic E-state index is -0.862. The smallest absolute Gasteiger partial charge is 0.303 e. The number of carboxylic acid groups (broad SMARTS) is 1. The van der Waals surface area contributed by atoms with Crippen LogP contribution < -0.4 is 0 Å². The summed E-state index contributed by atoms with van der Waals surface area (Å²) in [6.45, 7) is 3.57. The third kappa shape index (κ3) is 2.83. The van der Waals surface area contributed by atoms with Crippen LogP contribution in [0.15, 0.2) is 18.2 Å². The summed E-state index contributed by atoms with van der Waals surface area (Å²) in [6.07, 6.45) is 0.0306. The molecule has 0 saturated heterocycles. The summed E-state index contributed by atoms with van der Waals surface area (Å²) in [4.78, 5) is 10.5. The molecule has 0 aromatic heterocycles. The van der Waals surface area contributed by atoms with Crippen molar-refractivity contribution in [2.24, 2.45) is 0 Å². The van der Waals surface area contributed by atoms with Crippen LogP contribution in [-0.2, 0) is 4.79 Å². The molecule has 1 rings (SSSR count). The molecule has 0 bridgehead atoms. The van der Waals surface area contributed by atoms with Gasteiger partial charge in [-0.3, -0.25) is 4.79 Å². The lowest BCUT2D eigenvalue weighted by atomic mass is 9.96. The molecule has 0 radical (unpaired) electrons. The van der Waals surface area contributed by atoms with Crippen LogP contribution in [0.2, 0.25) is 0 Å². The fourth-order valence-electron chi connectivity index (χ4n) is 1.43. The van der Waals surface area contributed by atoms with Crippen LogP contribution in [0, 0.1) is 12.7 Å². The Morgan fingerprint density at radius 2 is 2.14 bits per heavy atom. The quantitative estimate of drug-likeness (QED) is 0.807. The van der Waals surface area contributed by atoms with Crippen molar-refractivity contribution in [1.82, 2.24) is 0 Å². The van der Waals surface area contributed by atoms with Crippen LogP contribution in [0.1, 0.15) is 30.4 Å². The Balaban J connectivity index is 2.89. The molecule has 1 unspecified atom stereocenters. The third-order valence-electron chi connectivity index (χ3n) is 2.11. The van der Waals surface area contributed by atoms with Gasteiger partial charge in [0.25, 0.3) is 0 Å². The van der Waals surface area contributed by atoms with Crippen molar-refractivity contribution in [2.75, 3.05) is 0 Å². The van der Waals surface area contributed by atoms with E-state index >= 15 is 0 Å². The molecule has 0 aliphatic carbocycles. The molecule has 1 aromatic rings. The lowest BCUT2D eigenvalue weighted by molar-refractivity contribution is -0.137. The van der Waals surface area contributed by atoms with E-state index < -0.39 is 5.97 Å². The van der Waals surface area contributed by atoms with Crippen molar-refractivity contribution >= 4 is 5.97 Å². The zero-order chi connectivity index (χ0) is 10.7. The Kier molecular flexibility index (Phi) is 3.23. The van der Waals surface area contributed by atoms with Gasteiger partial charge in [-0.05, 0) is 36.1 Å². The molecule has 1 aromatic carbocycles. The van der Waals surface area contributed by atoms with Gasteiger partial charge in [0.2, 0.25) is 0 Å². The lowest BCUT2D eigenvalue weighted by Gasteiger charge is -2.09. The molecule has 0 amide bonds. The van der Waals surface area contributed by atoms with Gasteiger partial charge >= 0.3 is 5.97 Å². The Bertz CT molecular complexity index is 327. The van der Waals surface area contributed by atoms with Crippen LogP contribution in [0.4, 0.5) is 4.39 Å². The fourth-order valence-corrected chi connectivity index (χ4v) is 1.43. The highest BCUT2D eigenvalue weighted by molar-refractivity contribution is 5.67. The van der Waals surface area contributed by atoms with Gasteiger partial charge in [-0.15, -0.1) is 0 Å². The molecule has 0 aliphatic rings. The van der Waals surface area contributed by atoms with Crippen molar-refractivity contribution in [2.45, 2.75) is 26.2 Å². The first kappa shape index (κ1) is 10.7. The van der Waals surface area contributed by atoms with Crippen molar-refractivity contribution in [3.8, 4) is 0 Å². The lowest BCUT2D eigenvalue weighted by Crippen LogP contribution is -2.03. The van der Waals surface area contributed by atoms with E-state index in [0.29, 0.717) is 0 Å². The first-order valence-corrected chi connectivity index (χ1v) is 4.48. The predicted octanol–water partition coefficient (Wildman–Crippen LogP) is 2.71. The van der Waals surface area contributed by atoms with E-state index in [9.17, 15) is 9.18 Å². The number of aryl methyl sites for hydroxylation is 1. The minimum absolute atomic E-state index is 0.0306. The van der Waals surface area contributed by atoms with Crippen molar-refractivity contribution in [3.05, 3.63) is 35.1 Å². The average Bonchev–Trinajstić information content (AvgIpc) is 2.00. The Hall–Kier alpha value is -1.38. The van der Waals surface area contributed by atoms with Crippen LogP contribution in [0.5, 0.6) is 0 Å². The number of benzene rings is 1. The number of hydrogen-bond donors (Lipinski definition) is 1. The van der Waals surface area contributed by atoms with Crippen molar-refractivity contribution < 1.29 is 14.3 Å². The second-order valence-corrected chi connectivity index (χ2v) is 3.56. The molecule has 76 valence electrons. The molecule has 3 heteroatoms. The highest BCUT2D eigenvalue weighted by Crippen LogP contribution is 2.21. The first-order valence-electron chi connectivity index (χ1n) is 4.48. The first-order chi connectivity index (χ1) is 6.49. The van der Waals surface area contributed by atoms with E-state index in [0.717, 1.165) is 11.1 Å². The van der Waals surface area contributed by atoms with Gasteiger partial charge in [0, 0.05) is 0 Å². The highest BCUT2D eigenvalue weighted by atomic mass is 19.1. The Morgan fingerprint density at radius 1 is 1.50 bits per heavy atom. The monoisotopic (exact) mass is 196 g/mol. The van der Waals surface area contributed by atoms with Gasteiger partial charge < -0.3 is 5.11 Å².